The van der Waals surface area contributed by atoms with Crippen molar-refractivity contribution in [2.45, 2.75) is 31.4 Å². The molecule has 0 amide bonds. The molecule has 0 saturated heterocycles. The van der Waals surface area contributed by atoms with Crippen LogP contribution in [0.1, 0.15) is 25.1 Å². The molecule has 2 unspecified atom stereocenters. The Kier molecular flexibility index (Phi) is 5.21. The second-order valence-corrected chi connectivity index (χ2v) is 6.73. The van der Waals surface area contributed by atoms with Crippen molar-refractivity contribution < 1.29 is 18.3 Å². The van der Waals surface area contributed by atoms with Gasteiger partial charge < -0.3 is 9.47 Å². The fourth-order valence-corrected chi connectivity index (χ4v) is 3.07. The molecule has 6 nitrogen and oxygen atoms in total. The lowest BCUT2D eigenvalue weighted by Crippen LogP contribution is -2.38. The van der Waals surface area contributed by atoms with Gasteiger partial charge in [-0.2, -0.15) is 8.78 Å². The van der Waals surface area contributed by atoms with Crippen LogP contribution in [0.5, 0.6) is 11.6 Å². The van der Waals surface area contributed by atoms with Crippen LogP contribution in [0.4, 0.5) is 8.78 Å². The van der Waals surface area contributed by atoms with E-state index in [1.807, 2.05) is 6.92 Å². The minimum atomic E-state index is -3.03. The summed E-state index contributed by atoms with van der Waals surface area (Å²) in [6.07, 6.45) is 6.85. The fraction of sp³-hybridized carbons (Fsp3) is 0.333. The molecular weight excluding hydrogens is 378 g/mol. The molecule has 0 bridgehead atoms. The zero-order valence-corrected chi connectivity index (χ0v) is 15.6. The summed E-state index contributed by atoms with van der Waals surface area (Å²) in [7, 11) is 1.53. The van der Waals surface area contributed by atoms with Crippen LogP contribution in [-0.2, 0) is 16.1 Å². The van der Waals surface area contributed by atoms with Gasteiger partial charge in [0.15, 0.2) is 6.23 Å². The summed E-state index contributed by atoms with van der Waals surface area (Å²) in [6, 6.07) is 2.61. The maximum absolute atomic E-state index is 13.3. The van der Waals surface area contributed by atoms with Crippen LogP contribution in [0.15, 0.2) is 47.0 Å². The van der Waals surface area contributed by atoms with Crippen LogP contribution in [0.25, 0.3) is 0 Å². The van der Waals surface area contributed by atoms with E-state index in [-0.39, 0.29) is 17.3 Å². The Morgan fingerprint density at radius 1 is 1.22 bits per heavy atom. The average Bonchev–Trinajstić information content (AvgIpc) is 2.62. The molecule has 2 atom stereocenters. The number of halogens is 3. The Labute approximate surface area is 159 Å². The van der Waals surface area contributed by atoms with Crippen molar-refractivity contribution in [3.05, 3.63) is 53.2 Å². The molecule has 0 saturated carbocycles. The third kappa shape index (κ3) is 3.96. The highest BCUT2D eigenvalue weighted by Crippen LogP contribution is 2.40. The van der Waals surface area contributed by atoms with Gasteiger partial charge in [0.25, 0.3) is 5.92 Å². The molecule has 1 aliphatic heterocycles. The first-order chi connectivity index (χ1) is 12.7. The highest BCUT2D eigenvalue weighted by Gasteiger charge is 2.40. The van der Waals surface area contributed by atoms with Crippen molar-refractivity contribution in [2.75, 3.05) is 7.11 Å². The average molecular weight is 395 g/mol. The molecule has 0 fully saturated rings. The van der Waals surface area contributed by atoms with Gasteiger partial charge in [0.2, 0.25) is 5.88 Å². The van der Waals surface area contributed by atoms with E-state index in [1.54, 1.807) is 12.3 Å². The number of rotatable bonds is 5. The number of nitrogens with zero attached hydrogens (tertiary/aromatic N) is 4. The summed E-state index contributed by atoms with van der Waals surface area (Å²) >= 11 is 6.14. The van der Waals surface area contributed by atoms with E-state index in [0.717, 1.165) is 6.92 Å². The molecule has 0 radical (unpaired) electrons. The van der Waals surface area contributed by atoms with Crippen molar-refractivity contribution >= 4 is 17.8 Å². The smallest absolute Gasteiger partial charge is 0.286 e. The van der Waals surface area contributed by atoms with Crippen LogP contribution in [0.3, 0.4) is 0 Å². The third-order valence-corrected chi connectivity index (χ3v) is 4.37. The van der Waals surface area contributed by atoms with Crippen LogP contribution < -0.4 is 4.74 Å². The zero-order valence-electron chi connectivity index (χ0n) is 14.9. The number of methoxy groups -OCH3 is 1. The van der Waals surface area contributed by atoms with Crippen LogP contribution in [-0.4, -0.2) is 34.5 Å². The molecule has 27 heavy (non-hydrogen) atoms. The van der Waals surface area contributed by atoms with Crippen molar-refractivity contribution in [1.82, 2.24) is 15.0 Å². The number of ether oxygens (including phenoxy) is 2. The number of allylic oxidation sites excluding steroid dienone is 1. The molecule has 3 heterocycles. The Morgan fingerprint density at radius 2 is 2.00 bits per heavy atom. The lowest BCUT2D eigenvalue weighted by molar-refractivity contribution is 0.0127. The standard InChI is InChI=1S/C18H17ClF2N4O2/c1-17(6-11(19)7-24-16(17)26-3)13-9-22-10-25-15(13)27-12-4-5-14(23-8-12)18(2,20)21/h4-10,16H,1-3H3. The summed E-state index contributed by atoms with van der Waals surface area (Å²) in [6.45, 7) is 2.65. The van der Waals surface area contributed by atoms with Gasteiger partial charge in [-0.15, -0.1) is 0 Å². The molecule has 3 rings (SSSR count). The number of hydrogen-bond donors (Lipinski definition) is 0. The number of aromatic nitrogens is 3. The van der Waals surface area contributed by atoms with Crippen molar-refractivity contribution in [1.29, 1.82) is 0 Å². The maximum atomic E-state index is 13.3. The summed E-state index contributed by atoms with van der Waals surface area (Å²) in [5.74, 6) is -2.54. The van der Waals surface area contributed by atoms with Gasteiger partial charge >= 0.3 is 0 Å². The van der Waals surface area contributed by atoms with E-state index < -0.39 is 17.6 Å². The quantitative estimate of drug-likeness (QED) is 0.759. The largest absolute Gasteiger partial charge is 0.437 e. The Hall–Kier alpha value is -2.45. The first-order valence-electron chi connectivity index (χ1n) is 8.01. The number of alkyl halides is 2. The van der Waals surface area contributed by atoms with E-state index in [4.69, 9.17) is 21.1 Å². The van der Waals surface area contributed by atoms with Crippen molar-refractivity contribution in [3.63, 3.8) is 0 Å². The van der Waals surface area contributed by atoms with Gasteiger partial charge in [-0.05, 0) is 25.1 Å². The molecular formula is C18H17ClF2N4O2. The molecule has 0 aromatic carbocycles. The normalized spacial score (nSPS) is 22.4. The van der Waals surface area contributed by atoms with Gasteiger partial charge in [-0.3, -0.25) is 9.98 Å². The SMILES string of the molecule is COC1N=CC(Cl)=CC1(C)c1cncnc1Oc1ccc(C(C)(F)F)nc1. The van der Waals surface area contributed by atoms with E-state index >= 15 is 0 Å². The first-order valence-corrected chi connectivity index (χ1v) is 8.39. The molecule has 1 aliphatic rings. The monoisotopic (exact) mass is 394 g/mol. The van der Waals surface area contributed by atoms with E-state index in [9.17, 15) is 8.78 Å². The molecule has 2 aromatic heterocycles. The maximum Gasteiger partial charge on any atom is 0.286 e. The second-order valence-electron chi connectivity index (χ2n) is 6.29. The van der Waals surface area contributed by atoms with Crippen LogP contribution >= 0.6 is 11.6 Å². The summed E-state index contributed by atoms with van der Waals surface area (Å²) in [5, 5.41) is 0.441. The van der Waals surface area contributed by atoms with Crippen molar-refractivity contribution in [3.8, 4) is 11.6 Å². The number of pyridine rings is 1. The van der Waals surface area contributed by atoms with Crippen molar-refractivity contribution in [2.24, 2.45) is 4.99 Å². The van der Waals surface area contributed by atoms with Gasteiger partial charge in [-0.25, -0.2) is 9.97 Å². The molecule has 0 spiro atoms. The Balaban J connectivity index is 1.96. The van der Waals surface area contributed by atoms with Gasteiger partial charge in [0.05, 0.1) is 16.6 Å². The highest BCUT2D eigenvalue weighted by atomic mass is 35.5. The number of hydrogen-bond acceptors (Lipinski definition) is 6. The Bertz CT molecular complexity index is 884. The fourth-order valence-electron chi connectivity index (χ4n) is 2.79. The molecule has 0 aliphatic carbocycles. The van der Waals surface area contributed by atoms with E-state index in [2.05, 4.69) is 19.9 Å². The lowest BCUT2D eigenvalue weighted by Gasteiger charge is -2.34. The van der Waals surface area contributed by atoms with E-state index in [0.29, 0.717) is 10.6 Å². The molecule has 9 heteroatoms. The van der Waals surface area contributed by atoms with Gasteiger partial charge in [0.1, 0.15) is 17.8 Å². The van der Waals surface area contributed by atoms with Gasteiger partial charge in [0, 0.05) is 32.0 Å². The molecule has 142 valence electrons. The van der Waals surface area contributed by atoms with Crippen LogP contribution in [0.2, 0.25) is 0 Å². The second kappa shape index (κ2) is 7.28. The summed E-state index contributed by atoms with van der Waals surface area (Å²) < 4.78 is 37.9. The minimum Gasteiger partial charge on any atom is -0.437 e. The van der Waals surface area contributed by atoms with Crippen LogP contribution in [0, 0.1) is 0 Å². The van der Waals surface area contributed by atoms with Gasteiger partial charge in [-0.1, -0.05) is 11.6 Å². The summed E-state index contributed by atoms with van der Waals surface area (Å²) in [5.41, 5.74) is -0.557. The summed E-state index contributed by atoms with van der Waals surface area (Å²) in [4.78, 5) is 16.3. The number of dihydropyridines is 1. The predicted molar refractivity (Wildman–Crippen MR) is 96.5 cm³/mol. The first kappa shape index (κ1) is 19.3. The lowest BCUT2D eigenvalue weighted by atomic mass is 9.80. The highest BCUT2D eigenvalue weighted by molar-refractivity contribution is 6.39. The zero-order chi connectivity index (χ0) is 19.7. The molecule has 2 aromatic rings. The third-order valence-electron chi connectivity index (χ3n) is 4.16. The molecule has 0 N–H and O–H groups in total. The van der Waals surface area contributed by atoms with E-state index in [1.165, 1.54) is 38.0 Å². The minimum absolute atomic E-state index is 0.227. The topological polar surface area (TPSA) is 69.5 Å². The number of aliphatic imine (C=N–C) groups is 1. The predicted octanol–water partition coefficient (Wildman–Crippen LogP) is 4.21. The Morgan fingerprint density at radius 3 is 2.63 bits per heavy atom.